The maximum Gasteiger partial charge on any atom is 0.242 e. The van der Waals surface area contributed by atoms with Gasteiger partial charge < -0.3 is 0 Å². The SMILES string of the molecule is O=S1(=O)CC[C@@H](NS(=O)(=O)c2cc(Cl)ccc2Cl)C1. The van der Waals surface area contributed by atoms with Crippen LogP contribution in [0.4, 0.5) is 0 Å². The zero-order chi connectivity index (χ0) is 14.3. The average molecular weight is 344 g/mol. The van der Waals surface area contributed by atoms with Gasteiger partial charge in [-0.05, 0) is 24.6 Å². The van der Waals surface area contributed by atoms with E-state index in [9.17, 15) is 16.8 Å². The Hall–Kier alpha value is -0.340. The summed E-state index contributed by atoms with van der Waals surface area (Å²) in [5, 5.41) is 0.279. The molecule has 1 aromatic carbocycles. The van der Waals surface area contributed by atoms with Crippen molar-refractivity contribution in [3.63, 3.8) is 0 Å². The highest BCUT2D eigenvalue weighted by atomic mass is 35.5. The second-order valence-electron chi connectivity index (χ2n) is 4.30. The standard InChI is InChI=1S/C10H11Cl2NO4S2/c11-7-1-2-9(12)10(5-7)19(16,17)13-8-3-4-18(14,15)6-8/h1-2,5,8,13H,3-4,6H2/t8-/m1/s1. The Morgan fingerprint density at radius 3 is 2.53 bits per heavy atom. The molecule has 2 rings (SSSR count). The number of nitrogens with one attached hydrogen (secondary N) is 1. The van der Waals surface area contributed by atoms with Crippen LogP contribution in [0.5, 0.6) is 0 Å². The fourth-order valence-corrected chi connectivity index (χ4v) is 5.67. The Bertz CT molecular complexity index is 700. The summed E-state index contributed by atoms with van der Waals surface area (Å²) in [6.45, 7) is 0. The van der Waals surface area contributed by atoms with E-state index in [0.29, 0.717) is 0 Å². The molecular formula is C10H11Cl2NO4S2. The van der Waals surface area contributed by atoms with Crippen LogP contribution in [-0.2, 0) is 19.9 Å². The lowest BCUT2D eigenvalue weighted by atomic mass is 10.3. The molecule has 1 saturated heterocycles. The van der Waals surface area contributed by atoms with Crippen molar-refractivity contribution in [1.82, 2.24) is 4.72 Å². The molecule has 1 aromatic rings. The first-order valence-electron chi connectivity index (χ1n) is 5.37. The van der Waals surface area contributed by atoms with Gasteiger partial charge in [-0.15, -0.1) is 0 Å². The van der Waals surface area contributed by atoms with Gasteiger partial charge in [0.25, 0.3) is 0 Å². The van der Waals surface area contributed by atoms with E-state index in [-0.39, 0.29) is 32.9 Å². The van der Waals surface area contributed by atoms with Crippen LogP contribution in [0, 0.1) is 0 Å². The molecule has 0 saturated carbocycles. The minimum atomic E-state index is -3.88. The van der Waals surface area contributed by atoms with Gasteiger partial charge >= 0.3 is 0 Å². The fraction of sp³-hybridized carbons (Fsp3) is 0.400. The molecule has 0 radical (unpaired) electrons. The van der Waals surface area contributed by atoms with Crippen LogP contribution in [0.3, 0.4) is 0 Å². The third-order valence-corrected chi connectivity index (χ3v) is 6.74. The Morgan fingerprint density at radius 1 is 1.26 bits per heavy atom. The summed E-state index contributed by atoms with van der Waals surface area (Å²) in [5.74, 6) is -0.201. The van der Waals surface area contributed by atoms with E-state index < -0.39 is 25.9 Å². The summed E-state index contributed by atoms with van der Waals surface area (Å²) < 4.78 is 49.2. The highest BCUT2D eigenvalue weighted by Gasteiger charge is 2.32. The van der Waals surface area contributed by atoms with Crippen LogP contribution in [0.15, 0.2) is 23.1 Å². The van der Waals surface area contributed by atoms with Crippen LogP contribution >= 0.6 is 23.2 Å². The van der Waals surface area contributed by atoms with Crippen LogP contribution in [0.2, 0.25) is 10.0 Å². The van der Waals surface area contributed by atoms with E-state index in [0.717, 1.165) is 0 Å². The summed E-state index contributed by atoms with van der Waals surface area (Å²) in [6.07, 6.45) is 0.264. The van der Waals surface area contributed by atoms with Crippen LogP contribution < -0.4 is 4.72 Å². The van der Waals surface area contributed by atoms with Crippen LogP contribution in [-0.4, -0.2) is 34.4 Å². The third kappa shape index (κ3) is 3.61. The zero-order valence-electron chi connectivity index (χ0n) is 9.64. The minimum absolute atomic E-state index is 0.0105. The van der Waals surface area contributed by atoms with Gasteiger partial charge in [-0.3, -0.25) is 0 Å². The molecule has 5 nitrogen and oxygen atoms in total. The maximum absolute atomic E-state index is 12.1. The van der Waals surface area contributed by atoms with Crippen molar-refractivity contribution in [2.24, 2.45) is 0 Å². The first-order chi connectivity index (χ1) is 8.70. The average Bonchev–Trinajstić information content (AvgIpc) is 2.60. The summed E-state index contributed by atoms with van der Waals surface area (Å²) in [4.78, 5) is -0.147. The number of rotatable bonds is 3. The molecule has 9 heteroatoms. The smallest absolute Gasteiger partial charge is 0.229 e. The molecule has 0 unspecified atom stereocenters. The lowest BCUT2D eigenvalue weighted by molar-refractivity contribution is 0.562. The molecule has 0 amide bonds. The monoisotopic (exact) mass is 343 g/mol. The Kier molecular flexibility index (Phi) is 4.13. The van der Waals surface area contributed by atoms with Crippen LogP contribution in [0.25, 0.3) is 0 Å². The second kappa shape index (κ2) is 5.21. The van der Waals surface area contributed by atoms with Crippen molar-refractivity contribution in [3.05, 3.63) is 28.2 Å². The van der Waals surface area contributed by atoms with Crippen molar-refractivity contribution >= 4 is 43.1 Å². The molecule has 1 aliphatic heterocycles. The summed E-state index contributed by atoms with van der Waals surface area (Å²) in [7, 11) is -7.03. The predicted molar refractivity (Wildman–Crippen MR) is 73.8 cm³/mol. The lowest BCUT2D eigenvalue weighted by Gasteiger charge is -2.12. The topological polar surface area (TPSA) is 80.3 Å². The number of sulfone groups is 1. The molecule has 0 bridgehead atoms. The Balaban J connectivity index is 2.26. The molecule has 0 aliphatic carbocycles. The highest BCUT2D eigenvalue weighted by Crippen LogP contribution is 2.25. The van der Waals surface area contributed by atoms with Crippen molar-refractivity contribution in [2.45, 2.75) is 17.4 Å². The molecule has 0 spiro atoms. The van der Waals surface area contributed by atoms with Gasteiger partial charge in [0.1, 0.15) is 4.90 Å². The predicted octanol–water partition coefficient (Wildman–Crippen LogP) is 1.46. The van der Waals surface area contributed by atoms with Gasteiger partial charge in [0.2, 0.25) is 10.0 Å². The second-order valence-corrected chi connectivity index (χ2v) is 9.05. The molecule has 1 fully saturated rings. The van der Waals surface area contributed by atoms with Crippen molar-refractivity contribution in [3.8, 4) is 0 Å². The van der Waals surface area contributed by atoms with Gasteiger partial charge in [0, 0.05) is 11.1 Å². The maximum atomic E-state index is 12.1. The first kappa shape index (κ1) is 15.1. The molecule has 1 aliphatic rings. The van der Waals surface area contributed by atoms with E-state index >= 15 is 0 Å². The van der Waals surface area contributed by atoms with E-state index in [2.05, 4.69) is 4.72 Å². The summed E-state index contributed by atoms with van der Waals surface area (Å²) >= 11 is 11.6. The van der Waals surface area contributed by atoms with Crippen LogP contribution in [0.1, 0.15) is 6.42 Å². The number of benzene rings is 1. The number of hydrogen-bond donors (Lipinski definition) is 1. The van der Waals surface area contributed by atoms with Crippen molar-refractivity contribution < 1.29 is 16.8 Å². The molecular weight excluding hydrogens is 333 g/mol. The zero-order valence-corrected chi connectivity index (χ0v) is 12.8. The van der Waals surface area contributed by atoms with E-state index in [1.807, 2.05) is 0 Å². The first-order valence-corrected chi connectivity index (χ1v) is 9.43. The highest BCUT2D eigenvalue weighted by molar-refractivity contribution is 7.92. The Labute approximate surface area is 121 Å². The van der Waals surface area contributed by atoms with Gasteiger partial charge in [0.15, 0.2) is 9.84 Å². The lowest BCUT2D eigenvalue weighted by Crippen LogP contribution is -2.35. The van der Waals surface area contributed by atoms with Crippen molar-refractivity contribution in [1.29, 1.82) is 0 Å². The molecule has 0 aromatic heterocycles. The van der Waals surface area contributed by atoms with E-state index in [1.165, 1.54) is 18.2 Å². The number of hydrogen-bond acceptors (Lipinski definition) is 4. The Morgan fingerprint density at radius 2 is 1.95 bits per heavy atom. The summed E-state index contributed by atoms with van der Waals surface area (Å²) in [6, 6.07) is 3.47. The number of halogens is 2. The third-order valence-electron chi connectivity index (χ3n) is 2.74. The fourth-order valence-electron chi connectivity index (χ4n) is 1.85. The molecule has 1 atom stereocenters. The number of sulfonamides is 1. The van der Waals surface area contributed by atoms with Gasteiger partial charge in [-0.2, -0.15) is 0 Å². The molecule has 1 heterocycles. The quantitative estimate of drug-likeness (QED) is 0.900. The normalized spacial score (nSPS) is 22.5. The van der Waals surface area contributed by atoms with E-state index in [1.54, 1.807) is 0 Å². The van der Waals surface area contributed by atoms with Crippen molar-refractivity contribution in [2.75, 3.05) is 11.5 Å². The van der Waals surface area contributed by atoms with Gasteiger partial charge in [-0.1, -0.05) is 23.2 Å². The molecule has 1 N–H and O–H groups in total. The largest absolute Gasteiger partial charge is 0.242 e. The molecule has 19 heavy (non-hydrogen) atoms. The van der Waals surface area contributed by atoms with E-state index in [4.69, 9.17) is 23.2 Å². The van der Waals surface area contributed by atoms with Gasteiger partial charge in [-0.25, -0.2) is 21.6 Å². The summed E-state index contributed by atoms with van der Waals surface area (Å²) in [5.41, 5.74) is 0. The minimum Gasteiger partial charge on any atom is -0.229 e. The van der Waals surface area contributed by atoms with Gasteiger partial charge in [0.05, 0.1) is 16.5 Å². The molecule has 106 valence electrons.